The van der Waals surface area contributed by atoms with Crippen molar-refractivity contribution in [2.75, 3.05) is 16.7 Å². The number of Topliss-reactive ketones (excluding diaryl/α,β-unsaturated/α-hetero) is 1. The summed E-state index contributed by atoms with van der Waals surface area (Å²) >= 11 is 1.15. The van der Waals surface area contributed by atoms with Gasteiger partial charge in [-0.05, 0) is 54.8 Å². The standard InChI is InChI=1S/C20H18N2O4S2/c1-14(23)16-5-3-6-17(13-16)21-20(24)15-8-10-18(11-9-15)22(2)28(25,26)19-7-4-12-27-19/h3-13H,1-2H3,(H,21,24). The number of carbonyl (C=O) groups is 2. The molecule has 144 valence electrons. The first kappa shape index (κ1) is 19.8. The van der Waals surface area contributed by atoms with Gasteiger partial charge in [-0.2, -0.15) is 0 Å². The van der Waals surface area contributed by atoms with Crippen LogP contribution in [0.4, 0.5) is 11.4 Å². The third kappa shape index (κ3) is 4.13. The number of sulfonamides is 1. The number of amides is 1. The predicted molar refractivity (Wildman–Crippen MR) is 111 cm³/mol. The summed E-state index contributed by atoms with van der Waals surface area (Å²) < 4.78 is 26.6. The molecule has 2 aromatic carbocycles. The second kappa shape index (κ2) is 7.95. The SMILES string of the molecule is CC(=O)c1cccc(NC(=O)c2ccc(N(C)S(=O)(=O)c3cccs3)cc2)c1. The Balaban J connectivity index is 1.76. The van der Waals surface area contributed by atoms with Crippen LogP contribution in [0.3, 0.4) is 0 Å². The van der Waals surface area contributed by atoms with Gasteiger partial charge in [-0.25, -0.2) is 8.42 Å². The Bertz CT molecular complexity index is 1110. The van der Waals surface area contributed by atoms with E-state index in [1.165, 1.54) is 18.3 Å². The van der Waals surface area contributed by atoms with Crippen molar-refractivity contribution in [3.63, 3.8) is 0 Å². The number of rotatable bonds is 6. The van der Waals surface area contributed by atoms with Crippen LogP contribution in [-0.4, -0.2) is 27.2 Å². The molecule has 1 heterocycles. The minimum atomic E-state index is -3.62. The minimum Gasteiger partial charge on any atom is -0.322 e. The zero-order valence-corrected chi connectivity index (χ0v) is 16.9. The third-order valence-corrected chi connectivity index (χ3v) is 7.29. The Labute approximate surface area is 167 Å². The highest BCUT2D eigenvalue weighted by molar-refractivity contribution is 7.94. The highest BCUT2D eigenvalue weighted by Crippen LogP contribution is 2.25. The first-order chi connectivity index (χ1) is 13.3. The predicted octanol–water partition coefficient (Wildman–Crippen LogP) is 4.03. The quantitative estimate of drug-likeness (QED) is 0.617. The van der Waals surface area contributed by atoms with Crippen LogP contribution in [-0.2, 0) is 10.0 Å². The van der Waals surface area contributed by atoms with Crippen LogP contribution in [0.2, 0.25) is 0 Å². The lowest BCUT2D eigenvalue weighted by Gasteiger charge is -2.18. The van der Waals surface area contributed by atoms with Gasteiger partial charge in [0.15, 0.2) is 5.78 Å². The molecule has 0 bridgehead atoms. The van der Waals surface area contributed by atoms with E-state index in [-0.39, 0.29) is 15.9 Å². The summed E-state index contributed by atoms with van der Waals surface area (Å²) in [5, 5.41) is 4.44. The molecule has 6 nitrogen and oxygen atoms in total. The maximum Gasteiger partial charge on any atom is 0.273 e. The van der Waals surface area contributed by atoms with Gasteiger partial charge in [-0.1, -0.05) is 18.2 Å². The van der Waals surface area contributed by atoms with Crippen LogP contribution in [0.15, 0.2) is 70.3 Å². The van der Waals surface area contributed by atoms with Crippen LogP contribution >= 0.6 is 11.3 Å². The molecule has 28 heavy (non-hydrogen) atoms. The summed E-state index contributed by atoms with van der Waals surface area (Å²) in [6.45, 7) is 1.46. The summed E-state index contributed by atoms with van der Waals surface area (Å²) in [5.74, 6) is -0.438. The highest BCUT2D eigenvalue weighted by atomic mass is 32.2. The van der Waals surface area contributed by atoms with Crippen molar-refractivity contribution in [2.24, 2.45) is 0 Å². The van der Waals surface area contributed by atoms with Crippen LogP contribution in [0, 0.1) is 0 Å². The molecule has 3 aromatic rings. The largest absolute Gasteiger partial charge is 0.322 e. The molecule has 0 aliphatic heterocycles. The van der Waals surface area contributed by atoms with Crippen molar-refractivity contribution in [3.05, 3.63) is 77.2 Å². The summed E-state index contributed by atoms with van der Waals surface area (Å²) in [6, 6.07) is 16.2. The molecule has 8 heteroatoms. The number of hydrogen-bond acceptors (Lipinski definition) is 5. The summed E-state index contributed by atoms with van der Waals surface area (Å²) in [4.78, 5) is 23.9. The summed E-state index contributed by atoms with van der Waals surface area (Å²) in [6.07, 6.45) is 0. The average Bonchev–Trinajstić information content (AvgIpc) is 3.23. The smallest absolute Gasteiger partial charge is 0.273 e. The zero-order valence-electron chi connectivity index (χ0n) is 15.2. The Kier molecular flexibility index (Phi) is 5.62. The molecular formula is C20H18N2O4S2. The van der Waals surface area contributed by atoms with Crippen LogP contribution < -0.4 is 9.62 Å². The molecule has 0 radical (unpaired) electrons. The number of benzene rings is 2. The van der Waals surface area contributed by atoms with E-state index >= 15 is 0 Å². The van der Waals surface area contributed by atoms with Gasteiger partial charge in [0.2, 0.25) is 0 Å². The van der Waals surface area contributed by atoms with Gasteiger partial charge in [0.25, 0.3) is 15.9 Å². The summed E-state index contributed by atoms with van der Waals surface area (Å²) in [5.41, 5.74) is 1.84. The van der Waals surface area contributed by atoms with Gasteiger partial charge in [-0.15, -0.1) is 11.3 Å². The van der Waals surface area contributed by atoms with Gasteiger partial charge < -0.3 is 5.32 Å². The van der Waals surface area contributed by atoms with E-state index in [1.807, 2.05) is 0 Å². The van der Waals surface area contributed by atoms with Crippen molar-refractivity contribution in [2.45, 2.75) is 11.1 Å². The second-order valence-electron chi connectivity index (χ2n) is 6.04. The Morgan fingerprint density at radius 2 is 1.68 bits per heavy atom. The van der Waals surface area contributed by atoms with Gasteiger partial charge in [0.1, 0.15) is 4.21 Å². The Hall–Kier alpha value is -2.97. The second-order valence-corrected chi connectivity index (χ2v) is 9.19. The normalized spacial score (nSPS) is 11.1. The van der Waals surface area contributed by atoms with Gasteiger partial charge >= 0.3 is 0 Å². The lowest BCUT2D eigenvalue weighted by Crippen LogP contribution is -2.25. The number of carbonyl (C=O) groups excluding carboxylic acids is 2. The topological polar surface area (TPSA) is 83.6 Å². The number of nitrogens with zero attached hydrogens (tertiary/aromatic N) is 1. The number of thiophene rings is 1. The number of ketones is 1. The molecule has 0 fully saturated rings. The van der Waals surface area contributed by atoms with Crippen molar-refractivity contribution in [1.82, 2.24) is 0 Å². The van der Waals surface area contributed by atoms with E-state index < -0.39 is 10.0 Å². The fraction of sp³-hybridized carbons (Fsp3) is 0.100. The molecule has 0 atom stereocenters. The van der Waals surface area contributed by atoms with Crippen molar-refractivity contribution in [1.29, 1.82) is 0 Å². The van der Waals surface area contributed by atoms with E-state index in [9.17, 15) is 18.0 Å². The van der Waals surface area contributed by atoms with Gasteiger partial charge in [0.05, 0.1) is 5.69 Å². The van der Waals surface area contributed by atoms with Gasteiger partial charge in [-0.3, -0.25) is 13.9 Å². The van der Waals surface area contributed by atoms with Crippen LogP contribution in [0.25, 0.3) is 0 Å². The van der Waals surface area contributed by atoms with E-state index in [2.05, 4.69) is 5.32 Å². The first-order valence-corrected chi connectivity index (χ1v) is 10.7. The molecule has 0 unspecified atom stereocenters. The van der Waals surface area contributed by atoms with Crippen molar-refractivity contribution < 1.29 is 18.0 Å². The lowest BCUT2D eigenvalue weighted by molar-refractivity contribution is 0.101. The fourth-order valence-corrected chi connectivity index (χ4v) is 4.88. The van der Waals surface area contributed by atoms with Crippen molar-refractivity contribution in [3.8, 4) is 0 Å². The molecule has 0 aliphatic carbocycles. The Morgan fingerprint density at radius 1 is 0.964 bits per heavy atom. The lowest BCUT2D eigenvalue weighted by atomic mass is 10.1. The molecule has 1 N–H and O–H groups in total. The number of anilines is 2. The molecule has 1 amide bonds. The van der Waals surface area contributed by atoms with Crippen LogP contribution in [0.5, 0.6) is 0 Å². The molecule has 0 saturated heterocycles. The highest BCUT2D eigenvalue weighted by Gasteiger charge is 2.22. The molecular weight excluding hydrogens is 396 g/mol. The first-order valence-electron chi connectivity index (χ1n) is 8.34. The maximum absolute atomic E-state index is 12.6. The van der Waals surface area contributed by atoms with E-state index in [0.29, 0.717) is 22.5 Å². The molecule has 0 saturated carbocycles. The van der Waals surface area contributed by atoms with Crippen LogP contribution in [0.1, 0.15) is 27.6 Å². The fourth-order valence-electron chi connectivity index (χ4n) is 2.53. The zero-order chi connectivity index (χ0) is 20.3. The van der Waals surface area contributed by atoms with E-state index in [4.69, 9.17) is 0 Å². The molecule has 3 rings (SSSR count). The van der Waals surface area contributed by atoms with E-state index in [1.54, 1.807) is 66.0 Å². The molecule has 0 aliphatic rings. The van der Waals surface area contributed by atoms with Crippen molar-refractivity contribution >= 4 is 44.4 Å². The average molecular weight is 415 g/mol. The molecule has 1 aromatic heterocycles. The van der Waals surface area contributed by atoms with E-state index in [0.717, 1.165) is 11.3 Å². The Morgan fingerprint density at radius 3 is 2.29 bits per heavy atom. The third-order valence-electron chi connectivity index (χ3n) is 4.13. The summed E-state index contributed by atoms with van der Waals surface area (Å²) in [7, 11) is -2.15. The monoisotopic (exact) mass is 414 g/mol. The number of hydrogen-bond donors (Lipinski definition) is 1. The number of nitrogens with one attached hydrogen (secondary N) is 1. The maximum atomic E-state index is 12.6. The molecule has 0 spiro atoms. The van der Waals surface area contributed by atoms with Gasteiger partial charge in [0, 0.05) is 23.9 Å². The minimum absolute atomic E-state index is 0.0876.